The Kier molecular flexibility index (Phi) is 5.74. The Morgan fingerprint density at radius 3 is 2.48 bits per heavy atom. The maximum Gasteiger partial charge on any atom is 0.338 e. The average Bonchev–Trinajstić information content (AvgIpc) is 2.50. The zero-order valence-corrected chi connectivity index (χ0v) is 14.3. The van der Waals surface area contributed by atoms with Gasteiger partial charge in [-0.2, -0.15) is 0 Å². The van der Waals surface area contributed by atoms with E-state index in [1.807, 2.05) is 0 Å². The normalized spacial score (nSPS) is 11.7. The lowest BCUT2D eigenvalue weighted by Gasteiger charge is -2.14. The first-order valence-corrected chi connectivity index (χ1v) is 7.76. The summed E-state index contributed by atoms with van der Waals surface area (Å²) in [7, 11) is 0. The third-order valence-electron chi connectivity index (χ3n) is 2.92. The maximum absolute atomic E-state index is 13.0. The van der Waals surface area contributed by atoms with E-state index in [0.29, 0.717) is 5.56 Å². The van der Waals surface area contributed by atoms with E-state index in [4.69, 9.17) is 16.3 Å². The standard InChI is InChI=1S/C16H12BrClFNO3/c1-9(23-16(22)10-2-4-11(17)5-3-10)15(21)20-14-7-6-12(19)8-13(14)18/h2-9H,1H3,(H,20,21)/t9-/m0/s1. The summed E-state index contributed by atoms with van der Waals surface area (Å²) in [5.41, 5.74) is 0.567. The molecule has 0 aliphatic heterocycles. The lowest BCUT2D eigenvalue weighted by Crippen LogP contribution is -2.30. The zero-order valence-electron chi connectivity index (χ0n) is 12.0. The minimum absolute atomic E-state index is 0.0600. The smallest absolute Gasteiger partial charge is 0.338 e. The molecule has 0 unspecified atom stereocenters. The first kappa shape index (κ1) is 17.4. The van der Waals surface area contributed by atoms with Crippen molar-refractivity contribution in [1.82, 2.24) is 0 Å². The molecule has 0 saturated heterocycles. The molecule has 0 heterocycles. The van der Waals surface area contributed by atoms with Crippen LogP contribution >= 0.6 is 27.5 Å². The zero-order chi connectivity index (χ0) is 17.0. The lowest BCUT2D eigenvalue weighted by atomic mass is 10.2. The van der Waals surface area contributed by atoms with Gasteiger partial charge in [0.1, 0.15) is 5.82 Å². The highest BCUT2D eigenvalue weighted by atomic mass is 79.9. The fourth-order valence-corrected chi connectivity index (χ4v) is 2.17. The quantitative estimate of drug-likeness (QED) is 0.773. The van der Waals surface area contributed by atoms with E-state index in [-0.39, 0.29) is 10.7 Å². The molecule has 0 saturated carbocycles. The van der Waals surface area contributed by atoms with Gasteiger partial charge in [-0.05, 0) is 49.4 Å². The monoisotopic (exact) mass is 399 g/mol. The molecule has 0 fully saturated rings. The van der Waals surface area contributed by atoms with Crippen molar-refractivity contribution in [3.63, 3.8) is 0 Å². The maximum atomic E-state index is 13.0. The van der Waals surface area contributed by atoms with Gasteiger partial charge in [-0.25, -0.2) is 9.18 Å². The molecule has 0 radical (unpaired) electrons. The summed E-state index contributed by atoms with van der Waals surface area (Å²) >= 11 is 9.09. The molecule has 0 aliphatic rings. The number of benzene rings is 2. The summed E-state index contributed by atoms with van der Waals surface area (Å²) in [6.07, 6.45) is -1.03. The fourth-order valence-electron chi connectivity index (χ4n) is 1.69. The van der Waals surface area contributed by atoms with Gasteiger partial charge in [0.15, 0.2) is 6.10 Å². The molecule has 0 bridgehead atoms. The molecule has 1 amide bonds. The Balaban J connectivity index is 1.99. The van der Waals surface area contributed by atoms with Gasteiger partial charge >= 0.3 is 5.97 Å². The van der Waals surface area contributed by atoms with Gasteiger partial charge in [0.2, 0.25) is 0 Å². The first-order valence-electron chi connectivity index (χ1n) is 6.59. The van der Waals surface area contributed by atoms with Crippen molar-refractivity contribution in [3.05, 3.63) is 63.3 Å². The van der Waals surface area contributed by atoms with Crippen molar-refractivity contribution in [2.75, 3.05) is 5.32 Å². The molecule has 1 N–H and O–H groups in total. The molecule has 0 spiro atoms. The Morgan fingerprint density at radius 2 is 1.87 bits per heavy atom. The number of esters is 1. The van der Waals surface area contributed by atoms with Crippen LogP contribution in [-0.2, 0) is 9.53 Å². The Labute approximate surface area is 145 Å². The topological polar surface area (TPSA) is 55.4 Å². The second-order valence-electron chi connectivity index (χ2n) is 4.67. The molecular weight excluding hydrogens is 389 g/mol. The predicted octanol–water partition coefficient (Wildman–Crippen LogP) is 4.43. The van der Waals surface area contributed by atoms with Crippen LogP contribution < -0.4 is 5.32 Å². The van der Waals surface area contributed by atoms with Gasteiger partial charge in [-0.1, -0.05) is 27.5 Å². The van der Waals surface area contributed by atoms with Crippen LogP contribution in [-0.4, -0.2) is 18.0 Å². The summed E-state index contributed by atoms with van der Waals surface area (Å²) in [6.45, 7) is 1.43. The largest absolute Gasteiger partial charge is 0.449 e. The van der Waals surface area contributed by atoms with Crippen molar-refractivity contribution in [2.45, 2.75) is 13.0 Å². The van der Waals surface area contributed by atoms with E-state index in [1.54, 1.807) is 24.3 Å². The summed E-state index contributed by atoms with van der Waals surface area (Å²) < 4.78 is 18.9. The summed E-state index contributed by atoms with van der Waals surface area (Å²) in [4.78, 5) is 24.0. The van der Waals surface area contributed by atoms with E-state index in [1.165, 1.54) is 19.1 Å². The highest BCUT2D eigenvalue weighted by Gasteiger charge is 2.19. The van der Waals surface area contributed by atoms with Crippen molar-refractivity contribution in [2.24, 2.45) is 0 Å². The molecule has 2 aromatic carbocycles. The number of rotatable bonds is 4. The Bertz CT molecular complexity index is 737. The van der Waals surface area contributed by atoms with Gasteiger partial charge in [0.05, 0.1) is 16.3 Å². The number of ether oxygens (including phenoxy) is 1. The van der Waals surface area contributed by atoms with Gasteiger partial charge in [0.25, 0.3) is 5.91 Å². The summed E-state index contributed by atoms with van der Waals surface area (Å²) in [6, 6.07) is 10.1. The number of halogens is 3. The van der Waals surface area contributed by atoms with Crippen LogP contribution in [0.15, 0.2) is 46.9 Å². The van der Waals surface area contributed by atoms with Crippen LogP contribution in [0.5, 0.6) is 0 Å². The Hall–Kier alpha value is -1.92. The van der Waals surface area contributed by atoms with E-state index >= 15 is 0 Å². The molecule has 4 nitrogen and oxygen atoms in total. The number of nitrogens with one attached hydrogen (secondary N) is 1. The van der Waals surface area contributed by atoms with Crippen LogP contribution in [0.2, 0.25) is 5.02 Å². The molecule has 2 rings (SSSR count). The molecule has 0 aliphatic carbocycles. The summed E-state index contributed by atoms with van der Waals surface area (Å²) in [5.74, 6) is -1.70. The van der Waals surface area contributed by atoms with Crippen molar-refractivity contribution in [1.29, 1.82) is 0 Å². The minimum Gasteiger partial charge on any atom is -0.449 e. The van der Waals surface area contributed by atoms with Crippen LogP contribution in [0.1, 0.15) is 17.3 Å². The predicted molar refractivity (Wildman–Crippen MR) is 89.1 cm³/mol. The number of carbonyl (C=O) groups excluding carboxylic acids is 2. The van der Waals surface area contributed by atoms with Crippen LogP contribution in [0.4, 0.5) is 10.1 Å². The molecule has 7 heteroatoms. The number of hydrogen-bond acceptors (Lipinski definition) is 3. The second-order valence-corrected chi connectivity index (χ2v) is 5.99. The van der Waals surface area contributed by atoms with Gasteiger partial charge < -0.3 is 10.1 Å². The molecular formula is C16H12BrClFNO3. The Morgan fingerprint density at radius 1 is 1.22 bits per heavy atom. The van der Waals surface area contributed by atoms with Crippen molar-refractivity contribution >= 4 is 45.1 Å². The molecule has 1 atom stereocenters. The number of hydrogen-bond donors (Lipinski definition) is 1. The van der Waals surface area contributed by atoms with Gasteiger partial charge in [0, 0.05) is 4.47 Å². The first-order chi connectivity index (χ1) is 10.9. The molecule has 2 aromatic rings. The number of anilines is 1. The third kappa shape index (κ3) is 4.77. The van der Waals surface area contributed by atoms with E-state index < -0.39 is 23.8 Å². The van der Waals surface area contributed by atoms with Crippen LogP contribution in [0.3, 0.4) is 0 Å². The summed E-state index contributed by atoms with van der Waals surface area (Å²) in [5, 5.41) is 2.54. The highest BCUT2D eigenvalue weighted by molar-refractivity contribution is 9.10. The SMILES string of the molecule is C[C@H](OC(=O)c1ccc(Br)cc1)C(=O)Nc1ccc(F)cc1Cl. The van der Waals surface area contributed by atoms with Crippen molar-refractivity contribution in [3.8, 4) is 0 Å². The van der Waals surface area contributed by atoms with E-state index in [9.17, 15) is 14.0 Å². The third-order valence-corrected chi connectivity index (χ3v) is 3.76. The second kappa shape index (κ2) is 7.57. The van der Waals surface area contributed by atoms with Crippen LogP contribution in [0, 0.1) is 5.82 Å². The van der Waals surface area contributed by atoms with Crippen LogP contribution in [0.25, 0.3) is 0 Å². The van der Waals surface area contributed by atoms with Gasteiger partial charge in [-0.3, -0.25) is 4.79 Å². The molecule has 120 valence electrons. The van der Waals surface area contributed by atoms with Crippen molar-refractivity contribution < 1.29 is 18.7 Å². The number of carbonyl (C=O) groups is 2. The number of amides is 1. The van der Waals surface area contributed by atoms with E-state index in [2.05, 4.69) is 21.2 Å². The van der Waals surface area contributed by atoms with E-state index in [0.717, 1.165) is 10.5 Å². The van der Waals surface area contributed by atoms with Gasteiger partial charge in [-0.15, -0.1) is 0 Å². The average molecular weight is 401 g/mol. The highest BCUT2D eigenvalue weighted by Crippen LogP contribution is 2.22. The molecule has 23 heavy (non-hydrogen) atoms. The minimum atomic E-state index is -1.03. The molecule has 0 aromatic heterocycles. The fraction of sp³-hybridized carbons (Fsp3) is 0.125. The lowest BCUT2D eigenvalue weighted by molar-refractivity contribution is -0.123.